The molecule has 2 amide bonds. The number of primary amides is 1. The van der Waals surface area contributed by atoms with E-state index in [0.717, 1.165) is 47.1 Å². The summed E-state index contributed by atoms with van der Waals surface area (Å²) >= 11 is 3.20. The van der Waals surface area contributed by atoms with Gasteiger partial charge in [0.05, 0.1) is 5.56 Å². The van der Waals surface area contributed by atoms with Crippen molar-refractivity contribution >= 4 is 39.9 Å². The number of fused-ring (bicyclic) bond motifs is 1. The van der Waals surface area contributed by atoms with Crippen LogP contribution in [0.4, 0.5) is 5.00 Å². The van der Waals surface area contributed by atoms with Gasteiger partial charge in [0.15, 0.2) is 0 Å². The van der Waals surface area contributed by atoms with E-state index in [2.05, 4.69) is 24.1 Å². The van der Waals surface area contributed by atoms with Crippen LogP contribution in [0.1, 0.15) is 45.0 Å². The summed E-state index contributed by atoms with van der Waals surface area (Å²) in [5.41, 5.74) is 7.67. The first kappa shape index (κ1) is 18.9. The van der Waals surface area contributed by atoms with Crippen molar-refractivity contribution in [3.63, 3.8) is 0 Å². The van der Waals surface area contributed by atoms with E-state index in [1.54, 1.807) is 11.8 Å². The minimum absolute atomic E-state index is 0.216. The first-order valence-corrected chi connectivity index (χ1v) is 10.5. The Morgan fingerprint density at radius 1 is 1.27 bits per heavy atom. The molecular weight excluding hydrogens is 366 g/mol. The zero-order valence-corrected chi connectivity index (χ0v) is 16.6. The van der Waals surface area contributed by atoms with Crippen LogP contribution >= 0.6 is 23.1 Å². The van der Waals surface area contributed by atoms with Crippen LogP contribution in [0.2, 0.25) is 0 Å². The molecule has 1 aromatic carbocycles. The highest BCUT2D eigenvalue weighted by atomic mass is 32.2. The van der Waals surface area contributed by atoms with Crippen molar-refractivity contribution in [2.24, 2.45) is 5.73 Å². The number of thiophene rings is 1. The molecular formula is C19H23N3O2S2. The number of benzene rings is 1. The molecule has 0 saturated heterocycles. The molecule has 0 unspecified atom stereocenters. The molecule has 0 spiro atoms. The largest absolute Gasteiger partial charge is 0.365 e. The van der Waals surface area contributed by atoms with E-state index >= 15 is 0 Å². The van der Waals surface area contributed by atoms with Crippen LogP contribution in [0.3, 0.4) is 0 Å². The third-order valence-electron chi connectivity index (χ3n) is 4.48. The Morgan fingerprint density at radius 3 is 2.62 bits per heavy atom. The number of nitrogens with one attached hydrogen (secondary N) is 1. The van der Waals surface area contributed by atoms with Gasteiger partial charge >= 0.3 is 0 Å². The number of rotatable bonds is 6. The molecule has 0 fully saturated rings. The van der Waals surface area contributed by atoms with E-state index in [1.165, 1.54) is 11.3 Å². The fourth-order valence-electron chi connectivity index (χ4n) is 3.12. The van der Waals surface area contributed by atoms with E-state index in [1.807, 2.05) is 24.3 Å². The fourth-order valence-corrected chi connectivity index (χ4v) is 5.07. The van der Waals surface area contributed by atoms with Crippen LogP contribution in [0, 0.1) is 0 Å². The van der Waals surface area contributed by atoms with Crippen molar-refractivity contribution < 1.29 is 9.59 Å². The molecule has 2 heterocycles. The molecule has 0 saturated carbocycles. The quantitative estimate of drug-likeness (QED) is 0.741. The molecule has 0 radical (unpaired) electrons. The number of hydrogen-bond acceptors (Lipinski definition) is 5. The van der Waals surface area contributed by atoms with Gasteiger partial charge in [-0.3, -0.25) is 14.5 Å². The van der Waals surface area contributed by atoms with Gasteiger partial charge in [0, 0.05) is 28.4 Å². The Hall–Kier alpha value is -1.83. The molecule has 0 aliphatic carbocycles. The van der Waals surface area contributed by atoms with Crippen LogP contribution < -0.4 is 11.1 Å². The standard InChI is InChI=1S/C19H23N3O2S2/c1-3-22-10-9-14-15(11-22)26-19(16(14)17(20)23)21-18(24)12-5-7-13(8-6-12)25-4-2/h5-8H,3-4,9-11H2,1-2H3,(H2,20,23)(H,21,24). The molecule has 1 aliphatic rings. The predicted molar refractivity (Wildman–Crippen MR) is 108 cm³/mol. The van der Waals surface area contributed by atoms with Gasteiger partial charge < -0.3 is 11.1 Å². The summed E-state index contributed by atoms with van der Waals surface area (Å²) in [7, 11) is 0. The number of hydrogen-bond donors (Lipinski definition) is 2. The third kappa shape index (κ3) is 3.95. The zero-order valence-electron chi connectivity index (χ0n) is 15.0. The number of nitrogens with zero attached hydrogens (tertiary/aromatic N) is 1. The lowest BCUT2D eigenvalue weighted by Crippen LogP contribution is -2.30. The summed E-state index contributed by atoms with van der Waals surface area (Å²) in [4.78, 5) is 29.2. The van der Waals surface area contributed by atoms with Crippen LogP contribution in [-0.2, 0) is 13.0 Å². The maximum atomic E-state index is 12.6. The van der Waals surface area contributed by atoms with Crippen molar-refractivity contribution in [3.8, 4) is 0 Å². The lowest BCUT2D eigenvalue weighted by atomic mass is 10.0. The number of carbonyl (C=O) groups is 2. The monoisotopic (exact) mass is 389 g/mol. The lowest BCUT2D eigenvalue weighted by Gasteiger charge is -2.25. The molecule has 3 N–H and O–H groups in total. The second kappa shape index (κ2) is 8.24. The molecule has 26 heavy (non-hydrogen) atoms. The van der Waals surface area contributed by atoms with E-state index < -0.39 is 5.91 Å². The van der Waals surface area contributed by atoms with Gasteiger partial charge in [-0.1, -0.05) is 13.8 Å². The van der Waals surface area contributed by atoms with Crippen LogP contribution in [0.15, 0.2) is 29.2 Å². The lowest BCUT2D eigenvalue weighted by molar-refractivity contribution is 0.1000. The van der Waals surface area contributed by atoms with Crippen molar-refractivity contribution in [1.82, 2.24) is 4.90 Å². The summed E-state index contributed by atoms with van der Waals surface area (Å²) in [6, 6.07) is 7.50. The fraction of sp³-hybridized carbons (Fsp3) is 0.368. The zero-order chi connectivity index (χ0) is 18.7. The number of anilines is 1. The van der Waals surface area contributed by atoms with Crippen molar-refractivity contribution in [2.75, 3.05) is 24.2 Å². The van der Waals surface area contributed by atoms with Gasteiger partial charge in [0.1, 0.15) is 5.00 Å². The summed E-state index contributed by atoms with van der Waals surface area (Å²) in [5.74, 6) is 0.298. The first-order chi connectivity index (χ1) is 12.5. The Morgan fingerprint density at radius 2 is 2.00 bits per heavy atom. The predicted octanol–water partition coefficient (Wildman–Crippen LogP) is 3.59. The van der Waals surface area contributed by atoms with E-state index in [-0.39, 0.29) is 5.91 Å². The average Bonchev–Trinajstić information content (AvgIpc) is 2.99. The van der Waals surface area contributed by atoms with Crippen molar-refractivity contribution in [1.29, 1.82) is 0 Å². The summed E-state index contributed by atoms with van der Waals surface area (Å²) in [5, 5.41) is 3.47. The highest BCUT2D eigenvalue weighted by Gasteiger charge is 2.27. The second-order valence-corrected chi connectivity index (χ2v) is 8.55. The topological polar surface area (TPSA) is 75.4 Å². The highest BCUT2D eigenvalue weighted by molar-refractivity contribution is 7.99. The van der Waals surface area contributed by atoms with Crippen LogP contribution in [0.5, 0.6) is 0 Å². The first-order valence-electron chi connectivity index (χ1n) is 8.74. The number of carbonyl (C=O) groups excluding carboxylic acids is 2. The van der Waals surface area contributed by atoms with E-state index in [0.29, 0.717) is 16.1 Å². The number of likely N-dealkylation sites (N-methyl/N-ethyl adjacent to an activating group) is 1. The van der Waals surface area contributed by atoms with Gasteiger partial charge in [0.25, 0.3) is 11.8 Å². The highest BCUT2D eigenvalue weighted by Crippen LogP contribution is 2.37. The van der Waals surface area contributed by atoms with Crippen LogP contribution in [-0.4, -0.2) is 35.6 Å². The Labute approximate surface area is 162 Å². The van der Waals surface area contributed by atoms with Gasteiger partial charge in [-0.2, -0.15) is 0 Å². The molecule has 3 rings (SSSR count). The second-order valence-electron chi connectivity index (χ2n) is 6.10. The molecule has 2 aromatic rings. The molecule has 7 heteroatoms. The summed E-state index contributed by atoms with van der Waals surface area (Å²) in [6.07, 6.45) is 0.788. The Balaban J connectivity index is 1.84. The maximum Gasteiger partial charge on any atom is 0.256 e. The number of amides is 2. The molecule has 138 valence electrons. The van der Waals surface area contributed by atoms with E-state index in [9.17, 15) is 9.59 Å². The van der Waals surface area contributed by atoms with Gasteiger partial charge in [-0.05, 0) is 48.5 Å². The average molecular weight is 390 g/mol. The minimum Gasteiger partial charge on any atom is -0.365 e. The van der Waals surface area contributed by atoms with Gasteiger partial charge in [-0.25, -0.2) is 0 Å². The van der Waals surface area contributed by atoms with Crippen LogP contribution in [0.25, 0.3) is 0 Å². The number of thioether (sulfide) groups is 1. The van der Waals surface area contributed by atoms with Crippen molar-refractivity contribution in [3.05, 3.63) is 45.8 Å². The Bertz CT molecular complexity index is 815. The molecule has 1 aliphatic heterocycles. The third-order valence-corrected chi connectivity index (χ3v) is 6.51. The molecule has 0 atom stereocenters. The normalized spacial score (nSPS) is 14.1. The van der Waals surface area contributed by atoms with Gasteiger partial charge in [0.2, 0.25) is 0 Å². The molecule has 0 bridgehead atoms. The Kier molecular flexibility index (Phi) is 6.01. The molecule has 1 aromatic heterocycles. The SMILES string of the molecule is CCSc1ccc(C(=O)Nc2sc3c(c2C(N)=O)CCN(CC)C3)cc1. The molecule has 5 nitrogen and oxygen atoms in total. The minimum atomic E-state index is -0.475. The van der Waals surface area contributed by atoms with E-state index in [4.69, 9.17) is 5.73 Å². The maximum absolute atomic E-state index is 12.6. The summed E-state index contributed by atoms with van der Waals surface area (Å²) < 4.78 is 0. The smallest absolute Gasteiger partial charge is 0.256 e. The summed E-state index contributed by atoms with van der Waals surface area (Å²) in [6.45, 7) is 6.89. The van der Waals surface area contributed by atoms with Crippen molar-refractivity contribution in [2.45, 2.75) is 31.7 Å². The van der Waals surface area contributed by atoms with Gasteiger partial charge in [-0.15, -0.1) is 23.1 Å². The number of nitrogens with two attached hydrogens (primary N) is 1.